The number of hydrogen-bond donors (Lipinski definition) is 0. The van der Waals surface area contributed by atoms with Gasteiger partial charge in [0.25, 0.3) is 0 Å². The average molecular weight is 244 g/mol. The molecular weight excluding hydrogens is 239 g/mol. The molecule has 2 rings (SSSR count). The Morgan fingerprint density at radius 3 is 3.30 bits per heavy atom. The molecular formula is C7H5IN2. The van der Waals surface area contributed by atoms with Crippen molar-refractivity contribution in [2.75, 3.05) is 0 Å². The fourth-order valence-electron chi connectivity index (χ4n) is 0.978. The monoisotopic (exact) mass is 244 g/mol. The molecule has 0 saturated carbocycles. The highest BCUT2D eigenvalue weighted by molar-refractivity contribution is 14.1. The van der Waals surface area contributed by atoms with Gasteiger partial charge in [-0.3, -0.25) is 0 Å². The van der Waals surface area contributed by atoms with E-state index in [2.05, 4.69) is 51.0 Å². The summed E-state index contributed by atoms with van der Waals surface area (Å²) in [5.41, 5.74) is 1.20. The second-order valence-electron chi connectivity index (χ2n) is 2.19. The largest absolute Gasteiger partial charge is 0.177 e. The van der Waals surface area contributed by atoms with E-state index in [0.717, 1.165) is 0 Å². The molecule has 0 aromatic carbocycles. The van der Waals surface area contributed by atoms with Crippen LogP contribution in [0.25, 0.3) is 0 Å². The minimum absolute atomic E-state index is 0.207. The molecule has 0 bridgehead atoms. The Balaban J connectivity index is 2.39. The molecule has 1 atom stereocenters. The normalized spacial score (nSPS) is 27.9. The number of allylic oxidation sites excluding steroid dienone is 2. The van der Waals surface area contributed by atoms with Gasteiger partial charge in [0, 0.05) is 9.15 Å². The maximum atomic E-state index is 3.99. The van der Waals surface area contributed by atoms with Gasteiger partial charge >= 0.3 is 0 Å². The van der Waals surface area contributed by atoms with Crippen molar-refractivity contribution in [3.05, 3.63) is 33.6 Å². The third-order valence-corrected chi connectivity index (χ3v) is 2.15. The summed E-state index contributed by atoms with van der Waals surface area (Å²) in [6, 6.07) is 0.207. The minimum Gasteiger partial charge on any atom is -0.177 e. The quantitative estimate of drug-likeness (QED) is 0.585. The second-order valence-corrected chi connectivity index (χ2v) is 3.44. The Morgan fingerprint density at radius 1 is 1.50 bits per heavy atom. The van der Waals surface area contributed by atoms with Gasteiger partial charge in [0.2, 0.25) is 0 Å². The van der Waals surface area contributed by atoms with Crippen molar-refractivity contribution in [2.45, 2.75) is 6.04 Å². The van der Waals surface area contributed by atoms with E-state index >= 15 is 0 Å². The third kappa shape index (κ3) is 0.941. The Labute approximate surface area is 72.6 Å². The third-order valence-electron chi connectivity index (χ3n) is 1.48. The van der Waals surface area contributed by atoms with Gasteiger partial charge in [0.05, 0.1) is 6.20 Å². The summed E-state index contributed by atoms with van der Waals surface area (Å²) >= 11 is 2.28. The van der Waals surface area contributed by atoms with Crippen LogP contribution in [0.4, 0.5) is 0 Å². The lowest BCUT2D eigenvalue weighted by atomic mass is 10.1. The Morgan fingerprint density at radius 2 is 2.40 bits per heavy atom. The van der Waals surface area contributed by atoms with Crippen LogP contribution in [0.2, 0.25) is 0 Å². The second kappa shape index (κ2) is 2.30. The van der Waals surface area contributed by atoms with Crippen LogP contribution in [0.1, 0.15) is 0 Å². The highest BCUT2D eigenvalue weighted by Gasteiger charge is 2.15. The van der Waals surface area contributed by atoms with Crippen molar-refractivity contribution in [3.63, 3.8) is 0 Å². The molecule has 0 N–H and O–H groups in total. The summed E-state index contributed by atoms with van der Waals surface area (Å²) in [5.74, 6) is 0. The summed E-state index contributed by atoms with van der Waals surface area (Å²) in [6.07, 6.45) is 8.04. The van der Waals surface area contributed by atoms with Crippen molar-refractivity contribution in [2.24, 2.45) is 10.2 Å². The van der Waals surface area contributed by atoms with Gasteiger partial charge in [-0.15, -0.1) is 0 Å². The van der Waals surface area contributed by atoms with Crippen molar-refractivity contribution < 1.29 is 0 Å². The van der Waals surface area contributed by atoms with E-state index in [1.807, 2.05) is 6.20 Å². The van der Waals surface area contributed by atoms with Crippen LogP contribution < -0.4 is 0 Å². The van der Waals surface area contributed by atoms with Crippen LogP contribution in [-0.4, -0.2) is 6.04 Å². The van der Waals surface area contributed by atoms with E-state index in [1.54, 1.807) is 0 Å². The van der Waals surface area contributed by atoms with Crippen LogP contribution in [0.15, 0.2) is 43.8 Å². The van der Waals surface area contributed by atoms with Crippen LogP contribution in [0.5, 0.6) is 0 Å². The molecule has 0 saturated heterocycles. The van der Waals surface area contributed by atoms with Gasteiger partial charge < -0.3 is 0 Å². The highest BCUT2D eigenvalue weighted by atomic mass is 127. The molecule has 3 heteroatoms. The van der Waals surface area contributed by atoms with E-state index in [-0.39, 0.29) is 6.04 Å². The summed E-state index contributed by atoms with van der Waals surface area (Å²) in [4.78, 5) is 0. The van der Waals surface area contributed by atoms with Crippen molar-refractivity contribution in [1.82, 2.24) is 0 Å². The van der Waals surface area contributed by atoms with Crippen LogP contribution >= 0.6 is 22.6 Å². The zero-order valence-electron chi connectivity index (χ0n) is 5.16. The Bertz CT molecular complexity index is 273. The molecule has 0 aromatic heterocycles. The molecule has 0 amide bonds. The molecule has 1 aliphatic carbocycles. The first-order chi connectivity index (χ1) is 4.86. The zero-order valence-corrected chi connectivity index (χ0v) is 7.32. The summed E-state index contributed by atoms with van der Waals surface area (Å²) < 4.78 is 1.24. The minimum atomic E-state index is 0.207. The van der Waals surface area contributed by atoms with Crippen molar-refractivity contribution >= 4 is 22.6 Å². The van der Waals surface area contributed by atoms with Gasteiger partial charge in [-0.05, 0) is 28.7 Å². The Kier molecular flexibility index (Phi) is 1.44. The van der Waals surface area contributed by atoms with E-state index < -0.39 is 0 Å². The number of rotatable bonds is 0. The molecule has 50 valence electrons. The summed E-state index contributed by atoms with van der Waals surface area (Å²) in [6.45, 7) is 0. The maximum absolute atomic E-state index is 3.99. The molecule has 0 radical (unpaired) electrons. The first kappa shape index (κ1) is 6.27. The average Bonchev–Trinajstić information content (AvgIpc) is 2.33. The van der Waals surface area contributed by atoms with Crippen LogP contribution in [0.3, 0.4) is 0 Å². The molecule has 2 nitrogen and oxygen atoms in total. The molecule has 2 aliphatic rings. The zero-order chi connectivity index (χ0) is 6.97. The number of hydrogen-bond acceptors (Lipinski definition) is 2. The SMILES string of the molecule is IC1=CC2=CN=N[C@@H]2C=C1. The fourth-order valence-corrected chi connectivity index (χ4v) is 1.54. The lowest BCUT2D eigenvalue weighted by Crippen LogP contribution is -2.01. The van der Waals surface area contributed by atoms with Crippen LogP contribution in [0, 0.1) is 0 Å². The lowest BCUT2D eigenvalue weighted by molar-refractivity contribution is 0.945. The molecule has 0 fully saturated rings. The predicted molar refractivity (Wildman–Crippen MR) is 48.0 cm³/mol. The van der Waals surface area contributed by atoms with E-state index in [9.17, 15) is 0 Å². The van der Waals surface area contributed by atoms with Gasteiger partial charge in [-0.2, -0.15) is 10.2 Å². The lowest BCUT2D eigenvalue weighted by Gasteiger charge is -2.06. The smallest absolute Gasteiger partial charge is 0.116 e. The standard InChI is InChI=1S/C7H5IN2/c8-6-1-2-7-5(3-6)4-9-10-7/h1-4,7H/t7-/m1/s1. The summed E-state index contributed by atoms with van der Waals surface area (Å²) in [5, 5.41) is 7.82. The molecule has 0 unspecified atom stereocenters. The fraction of sp³-hybridized carbons (Fsp3) is 0.143. The van der Waals surface area contributed by atoms with E-state index in [4.69, 9.17) is 0 Å². The number of azo groups is 1. The number of halogens is 1. The van der Waals surface area contributed by atoms with Gasteiger partial charge in [0.15, 0.2) is 0 Å². The molecule has 1 heterocycles. The van der Waals surface area contributed by atoms with Gasteiger partial charge in [0.1, 0.15) is 6.04 Å². The van der Waals surface area contributed by atoms with Gasteiger partial charge in [-0.25, -0.2) is 0 Å². The van der Waals surface area contributed by atoms with E-state index in [1.165, 1.54) is 9.15 Å². The maximum Gasteiger partial charge on any atom is 0.116 e. The molecule has 10 heavy (non-hydrogen) atoms. The summed E-state index contributed by atoms with van der Waals surface area (Å²) in [7, 11) is 0. The van der Waals surface area contributed by atoms with Crippen molar-refractivity contribution in [3.8, 4) is 0 Å². The van der Waals surface area contributed by atoms with Gasteiger partial charge in [-0.1, -0.05) is 12.2 Å². The topological polar surface area (TPSA) is 24.7 Å². The number of fused-ring (bicyclic) bond motifs is 1. The molecule has 0 aromatic rings. The predicted octanol–water partition coefficient (Wildman–Crippen LogP) is 2.59. The molecule has 1 aliphatic heterocycles. The van der Waals surface area contributed by atoms with E-state index in [0.29, 0.717) is 0 Å². The first-order valence-electron chi connectivity index (χ1n) is 3.02. The van der Waals surface area contributed by atoms with Crippen LogP contribution in [-0.2, 0) is 0 Å². The molecule has 0 spiro atoms. The highest BCUT2D eigenvalue weighted by Crippen LogP contribution is 2.26. The Hall–Kier alpha value is -0.450. The first-order valence-corrected chi connectivity index (χ1v) is 4.09. The van der Waals surface area contributed by atoms with Crippen molar-refractivity contribution in [1.29, 1.82) is 0 Å². The number of nitrogens with zero attached hydrogens (tertiary/aromatic N) is 2.